The van der Waals surface area contributed by atoms with Gasteiger partial charge in [0, 0.05) is 13.1 Å². The Morgan fingerprint density at radius 2 is 1.63 bits per heavy atom. The molecule has 0 aromatic heterocycles. The maximum Gasteiger partial charge on any atom is 0.314 e. The highest BCUT2D eigenvalue weighted by Gasteiger charge is 2.64. The number of urea groups is 1. The van der Waals surface area contributed by atoms with Gasteiger partial charge < -0.3 is 15.7 Å². The van der Waals surface area contributed by atoms with E-state index in [1.165, 1.54) is 0 Å². The first-order valence-electron chi connectivity index (χ1n) is 6.89. The number of aliphatic carboxylic acids is 1. The molecule has 0 unspecified atom stereocenters. The Labute approximate surface area is 114 Å². The van der Waals surface area contributed by atoms with E-state index < -0.39 is 11.4 Å². The van der Waals surface area contributed by atoms with E-state index in [0.29, 0.717) is 25.3 Å². The third-order valence-electron chi connectivity index (χ3n) is 5.68. The Balaban J connectivity index is 1.71. The van der Waals surface area contributed by atoms with Crippen LogP contribution in [-0.4, -0.2) is 30.2 Å². The average molecular weight is 268 g/mol. The fourth-order valence-corrected chi connectivity index (χ4v) is 2.97. The number of carboxylic acids is 1. The van der Waals surface area contributed by atoms with Gasteiger partial charge in [-0.05, 0) is 29.6 Å². The minimum Gasteiger partial charge on any atom is -0.481 e. The van der Waals surface area contributed by atoms with Gasteiger partial charge in [-0.3, -0.25) is 4.79 Å². The van der Waals surface area contributed by atoms with E-state index >= 15 is 0 Å². The Morgan fingerprint density at radius 3 is 2.00 bits per heavy atom. The summed E-state index contributed by atoms with van der Waals surface area (Å²) in [6.45, 7) is 9.71. The molecule has 2 amide bonds. The van der Waals surface area contributed by atoms with Crippen LogP contribution in [0.2, 0.25) is 0 Å². The molecule has 2 fully saturated rings. The number of carbonyl (C=O) groups excluding carboxylic acids is 1. The number of hydrogen-bond donors (Lipinski definition) is 3. The first-order chi connectivity index (χ1) is 8.63. The molecule has 0 heterocycles. The third-order valence-corrected chi connectivity index (χ3v) is 5.68. The minimum atomic E-state index is -0.808. The zero-order valence-corrected chi connectivity index (χ0v) is 12.2. The predicted molar refractivity (Wildman–Crippen MR) is 71.8 cm³/mol. The fourth-order valence-electron chi connectivity index (χ4n) is 2.97. The maximum absolute atomic E-state index is 11.7. The lowest BCUT2D eigenvalue weighted by atomic mass is 10.0. The number of carbonyl (C=O) groups is 2. The normalized spacial score (nSPS) is 25.5. The fraction of sp³-hybridized carbons (Fsp3) is 0.857. The lowest BCUT2D eigenvalue weighted by Gasteiger charge is -2.12. The van der Waals surface area contributed by atoms with Crippen LogP contribution >= 0.6 is 0 Å². The molecular weight excluding hydrogens is 244 g/mol. The summed E-state index contributed by atoms with van der Waals surface area (Å²) < 4.78 is 0. The highest BCUT2D eigenvalue weighted by Crippen LogP contribution is 2.67. The molecule has 0 radical (unpaired) electrons. The van der Waals surface area contributed by atoms with Crippen molar-refractivity contribution in [2.24, 2.45) is 22.2 Å². The molecule has 2 aliphatic carbocycles. The molecule has 0 atom stereocenters. The molecule has 108 valence electrons. The van der Waals surface area contributed by atoms with Gasteiger partial charge in [0.1, 0.15) is 0 Å². The van der Waals surface area contributed by atoms with E-state index in [1.54, 1.807) is 0 Å². The van der Waals surface area contributed by atoms with Gasteiger partial charge in [0.15, 0.2) is 0 Å². The van der Waals surface area contributed by atoms with Crippen LogP contribution in [0.5, 0.6) is 0 Å². The second kappa shape index (κ2) is 4.12. The van der Waals surface area contributed by atoms with Crippen LogP contribution in [0.4, 0.5) is 4.79 Å². The lowest BCUT2D eigenvalue weighted by Crippen LogP contribution is -2.41. The van der Waals surface area contributed by atoms with Crippen LogP contribution < -0.4 is 10.6 Å². The topological polar surface area (TPSA) is 78.4 Å². The van der Waals surface area contributed by atoms with Crippen molar-refractivity contribution in [3.05, 3.63) is 0 Å². The molecule has 0 saturated heterocycles. The van der Waals surface area contributed by atoms with Crippen molar-refractivity contribution in [3.8, 4) is 0 Å². The Hall–Kier alpha value is -1.26. The standard InChI is InChI=1S/C14H24N2O3/c1-12(2)9(13(12,3)4)7-15-11(19)16-8-14(5-6-14)10(17)18/h9H,5-8H2,1-4H3,(H,17,18)(H2,15,16,19). The lowest BCUT2D eigenvalue weighted by molar-refractivity contribution is -0.143. The summed E-state index contributed by atoms with van der Waals surface area (Å²) in [5.41, 5.74) is -0.201. The Morgan fingerprint density at radius 1 is 1.11 bits per heavy atom. The van der Waals surface area contributed by atoms with Crippen molar-refractivity contribution in [3.63, 3.8) is 0 Å². The summed E-state index contributed by atoms with van der Waals surface area (Å²) in [6, 6.07) is -0.258. The number of carboxylic acid groups (broad SMARTS) is 1. The van der Waals surface area contributed by atoms with Gasteiger partial charge in [-0.15, -0.1) is 0 Å². The van der Waals surface area contributed by atoms with Gasteiger partial charge in [0.25, 0.3) is 0 Å². The molecule has 0 aliphatic heterocycles. The second-order valence-corrected chi connectivity index (χ2v) is 7.15. The number of amides is 2. The van der Waals surface area contributed by atoms with Gasteiger partial charge in [-0.25, -0.2) is 4.79 Å². The van der Waals surface area contributed by atoms with Gasteiger partial charge >= 0.3 is 12.0 Å². The van der Waals surface area contributed by atoms with Crippen molar-refractivity contribution in [2.75, 3.05) is 13.1 Å². The molecular formula is C14H24N2O3. The molecule has 3 N–H and O–H groups in total. The van der Waals surface area contributed by atoms with Crippen molar-refractivity contribution < 1.29 is 14.7 Å². The SMILES string of the molecule is CC1(C)C(CNC(=O)NCC2(C(=O)O)CC2)C1(C)C. The van der Waals surface area contributed by atoms with E-state index in [1.807, 2.05) is 0 Å². The van der Waals surface area contributed by atoms with Crippen LogP contribution in [0.3, 0.4) is 0 Å². The van der Waals surface area contributed by atoms with Crippen molar-refractivity contribution >= 4 is 12.0 Å². The molecule has 19 heavy (non-hydrogen) atoms. The summed E-state index contributed by atoms with van der Waals surface area (Å²) in [5, 5.41) is 14.5. The van der Waals surface area contributed by atoms with Crippen LogP contribution in [0.15, 0.2) is 0 Å². The summed E-state index contributed by atoms with van der Waals surface area (Å²) in [5.74, 6) is -0.336. The largest absolute Gasteiger partial charge is 0.481 e. The van der Waals surface area contributed by atoms with E-state index in [-0.39, 0.29) is 23.4 Å². The first-order valence-corrected chi connectivity index (χ1v) is 6.89. The monoisotopic (exact) mass is 268 g/mol. The van der Waals surface area contributed by atoms with Crippen LogP contribution in [0.25, 0.3) is 0 Å². The molecule has 5 heteroatoms. The molecule has 5 nitrogen and oxygen atoms in total. The average Bonchev–Trinajstić information content (AvgIpc) is 3.13. The molecule has 2 rings (SSSR count). The van der Waals surface area contributed by atoms with Crippen molar-refractivity contribution in [2.45, 2.75) is 40.5 Å². The smallest absolute Gasteiger partial charge is 0.314 e. The zero-order valence-electron chi connectivity index (χ0n) is 12.2. The number of rotatable bonds is 5. The third kappa shape index (κ3) is 2.30. The predicted octanol–water partition coefficient (Wildman–Crippen LogP) is 1.83. The van der Waals surface area contributed by atoms with Gasteiger partial charge in [0.05, 0.1) is 5.41 Å². The Bertz CT molecular complexity index is 397. The van der Waals surface area contributed by atoms with Gasteiger partial charge in [0.2, 0.25) is 0 Å². The molecule has 0 aromatic rings. The van der Waals surface area contributed by atoms with E-state index in [2.05, 4.69) is 38.3 Å². The molecule has 2 aliphatic rings. The van der Waals surface area contributed by atoms with E-state index in [4.69, 9.17) is 5.11 Å². The van der Waals surface area contributed by atoms with E-state index in [0.717, 1.165) is 0 Å². The van der Waals surface area contributed by atoms with Crippen LogP contribution in [0, 0.1) is 22.2 Å². The summed E-state index contributed by atoms with van der Waals surface area (Å²) in [4.78, 5) is 22.6. The van der Waals surface area contributed by atoms with Crippen LogP contribution in [0.1, 0.15) is 40.5 Å². The van der Waals surface area contributed by atoms with Gasteiger partial charge in [-0.1, -0.05) is 27.7 Å². The number of nitrogens with one attached hydrogen (secondary N) is 2. The first kappa shape index (κ1) is 14.2. The molecule has 0 bridgehead atoms. The van der Waals surface area contributed by atoms with Gasteiger partial charge in [-0.2, -0.15) is 0 Å². The van der Waals surface area contributed by atoms with Crippen molar-refractivity contribution in [1.82, 2.24) is 10.6 Å². The molecule has 2 saturated carbocycles. The Kier molecular flexibility index (Phi) is 3.07. The molecule has 0 aromatic carbocycles. The van der Waals surface area contributed by atoms with Crippen LogP contribution in [-0.2, 0) is 4.79 Å². The summed E-state index contributed by atoms with van der Waals surface area (Å²) >= 11 is 0. The van der Waals surface area contributed by atoms with Crippen molar-refractivity contribution in [1.29, 1.82) is 0 Å². The quantitative estimate of drug-likeness (QED) is 0.712. The van der Waals surface area contributed by atoms with E-state index in [9.17, 15) is 9.59 Å². The second-order valence-electron chi connectivity index (χ2n) is 7.15. The minimum absolute atomic E-state index is 0.228. The zero-order chi connectivity index (χ0) is 14.5. The maximum atomic E-state index is 11.7. The highest BCUT2D eigenvalue weighted by atomic mass is 16.4. The summed E-state index contributed by atoms with van der Waals surface area (Å²) in [7, 11) is 0. The number of hydrogen-bond acceptors (Lipinski definition) is 2. The molecule has 0 spiro atoms. The highest BCUT2D eigenvalue weighted by molar-refractivity contribution is 5.80. The summed E-state index contributed by atoms with van der Waals surface area (Å²) in [6.07, 6.45) is 1.32.